The molecule has 0 saturated carbocycles. The lowest BCUT2D eigenvalue weighted by Gasteiger charge is -2.07. The molecule has 0 fully saturated rings. The number of carbonyl (C=O) groups is 1. The number of pyridine rings is 1. The van der Waals surface area contributed by atoms with E-state index in [1.54, 1.807) is 0 Å². The van der Waals surface area contributed by atoms with Crippen molar-refractivity contribution in [1.82, 2.24) is 4.98 Å². The molecule has 0 unspecified atom stereocenters. The maximum absolute atomic E-state index is 12.7. The average molecular weight is 281 g/mol. The third-order valence-electron chi connectivity index (χ3n) is 2.37. The fourth-order valence-electron chi connectivity index (χ4n) is 1.42. The van der Waals surface area contributed by atoms with E-state index in [-0.39, 0.29) is 16.5 Å². The van der Waals surface area contributed by atoms with E-state index in [0.717, 1.165) is 0 Å². The second-order valence-electron chi connectivity index (χ2n) is 3.67. The van der Waals surface area contributed by atoms with Crippen molar-refractivity contribution in [2.45, 2.75) is 0 Å². The number of anilines is 1. The quantitative estimate of drug-likeness (QED) is 0.940. The summed E-state index contributed by atoms with van der Waals surface area (Å²) >= 11 is 5.93. The van der Waals surface area contributed by atoms with Crippen molar-refractivity contribution in [3.05, 3.63) is 53.1 Å². The summed E-state index contributed by atoms with van der Waals surface area (Å²) in [4.78, 5) is 15.8. The van der Waals surface area contributed by atoms with Crippen molar-refractivity contribution in [3.63, 3.8) is 0 Å². The lowest BCUT2D eigenvalue weighted by molar-refractivity contribution is 0.102. The summed E-state index contributed by atoms with van der Waals surface area (Å²) < 4.78 is 17.7. The Bertz CT molecular complexity index is 602. The van der Waals surface area contributed by atoms with Gasteiger partial charge in [-0.15, -0.1) is 0 Å². The number of nitrogens with zero attached hydrogens (tertiary/aromatic N) is 1. The molecule has 0 aliphatic heterocycles. The zero-order valence-electron chi connectivity index (χ0n) is 9.98. The first-order valence-corrected chi connectivity index (χ1v) is 5.74. The number of methoxy groups -OCH3 is 1. The van der Waals surface area contributed by atoms with Gasteiger partial charge in [-0.2, -0.15) is 0 Å². The van der Waals surface area contributed by atoms with Gasteiger partial charge in [-0.25, -0.2) is 9.37 Å². The molecule has 0 radical (unpaired) electrons. The standard InChI is InChI=1S/C13H10ClFN2O2/c1-19-10-6-11(14)12(16-7-10)13(18)17-9-4-2-8(15)3-5-9/h2-7H,1H3,(H,17,18). The van der Waals surface area contributed by atoms with Crippen molar-refractivity contribution in [1.29, 1.82) is 0 Å². The first-order valence-electron chi connectivity index (χ1n) is 5.36. The Morgan fingerprint density at radius 3 is 2.63 bits per heavy atom. The molecule has 98 valence electrons. The molecule has 0 atom stereocenters. The van der Waals surface area contributed by atoms with Crippen LogP contribution >= 0.6 is 11.6 Å². The van der Waals surface area contributed by atoms with Crippen LogP contribution in [-0.2, 0) is 0 Å². The molecule has 0 spiro atoms. The van der Waals surface area contributed by atoms with Gasteiger partial charge in [0.1, 0.15) is 17.3 Å². The smallest absolute Gasteiger partial charge is 0.275 e. The van der Waals surface area contributed by atoms with E-state index in [9.17, 15) is 9.18 Å². The molecule has 1 N–H and O–H groups in total. The minimum Gasteiger partial charge on any atom is -0.495 e. The highest BCUT2D eigenvalue weighted by molar-refractivity contribution is 6.34. The van der Waals surface area contributed by atoms with Gasteiger partial charge in [-0.3, -0.25) is 4.79 Å². The molecule has 1 heterocycles. The summed E-state index contributed by atoms with van der Waals surface area (Å²) in [6, 6.07) is 6.89. The zero-order chi connectivity index (χ0) is 13.8. The van der Waals surface area contributed by atoms with Crippen LogP contribution in [0.25, 0.3) is 0 Å². The van der Waals surface area contributed by atoms with Crippen LogP contribution in [0.3, 0.4) is 0 Å². The Labute approximate surface area is 114 Å². The third-order valence-corrected chi connectivity index (χ3v) is 2.66. The SMILES string of the molecule is COc1cnc(C(=O)Nc2ccc(F)cc2)c(Cl)c1. The van der Waals surface area contributed by atoms with Crippen LogP contribution < -0.4 is 10.1 Å². The van der Waals surface area contributed by atoms with E-state index >= 15 is 0 Å². The Kier molecular flexibility index (Phi) is 3.97. The van der Waals surface area contributed by atoms with Crippen LogP contribution in [0.5, 0.6) is 5.75 Å². The van der Waals surface area contributed by atoms with Gasteiger partial charge >= 0.3 is 0 Å². The largest absolute Gasteiger partial charge is 0.495 e. The number of amides is 1. The van der Waals surface area contributed by atoms with Gasteiger partial charge < -0.3 is 10.1 Å². The van der Waals surface area contributed by atoms with Gasteiger partial charge in [0.15, 0.2) is 0 Å². The summed E-state index contributed by atoms with van der Waals surface area (Å²) in [5.41, 5.74) is 0.534. The summed E-state index contributed by atoms with van der Waals surface area (Å²) in [5.74, 6) is -0.388. The number of hydrogen-bond donors (Lipinski definition) is 1. The topological polar surface area (TPSA) is 51.2 Å². The normalized spacial score (nSPS) is 10.1. The van der Waals surface area contributed by atoms with Gasteiger partial charge in [0.25, 0.3) is 5.91 Å². The van der Waals surface area contributed by atoms with Crippen molar-refractivity contribution < 1.29 is 13.9 Å². The summed E-state index contributed by atoms with van der Waals surface area (Å²) in [7, 11) is 1.48. The van der Waals surface area contributed by atoms with Crippen molar-refractivity contribution >= 4 is 23.2 Å². The number of carbonyl (C=O) groups excluding carboxylic acids is 1. The molecule has 0 saturated heterocycles. The fraction of sp³-hybridized carbons (Fsp3) is 0.0769. The molecule has 1 aromatic heterocycles. The number of halogens is 2. The molecule has 0 bridgehead atoms. The molecule has 19 heavy (non-hydrogen) atoms. The highest BCUT2D eigenvalue weighted by Crippen LogP contribution is 2.21. The Hall–Kier alpha value is -2.14. The predicted molar refractivity (Wildman–Crippen MR) is 70.2 cm³/mol. The molecule has 2 rings (SSSR count). The lowest BCUT2D eigenvalue weighted by Crippen LogP contribution is -2.14. The first kappa shape index (κ1) is 13.3. The van der Waals surface area contributed by atoms with Crippen molar-refractivity contribution in [2.24, 2.45) is 0 Å². The van der Waals surface area contributed by atoms with Gasteiger partial charge in [-0.1, -0.05) is 11.6 Å². The summed E-state index contributed by atoms with van der Waals surface area (Å²) in [5, 5.41) is 2.75. The van der Waals surface area contributed by atoms with Crippen LogP contribution in [0, 0.1) is 5.82 Å². The Morgan fingerprint density at radius 2 is 2.05 bits per heavy atom. The zero-order valence-corrected chi connectivity index (χ0v) is 10.7. The molecule has 0 aliphatic carbocycles. The Morgan fingerprint density at radius 1 is 1.37 bits per heavy atom. The van der Waals surface area contributed by atoms with E-state index in [0.29, 0.717) is 11.4 Å². The van der Waals surface area contributed by atoms with E-state index in [1.165, 1.54) is 43.6 Å². The number of rotatable bonds is 3. The van der Waals surface area contributed by atoms with Gasteiger partial charge in [0, 0.05) is 11.8 Å². The first-order chi connectivity index (χ1) is 9.10. The molecule has 2 aromatic rings. The molecule has 0 aliphatic rings. The van der Waals surface area contributed by atoms with Gasteiger partial charge in [0.05, 0.1) is 18.3 Å². The molecule has 1 aromatic carbocycles. The van der Waals surface area contributed by atoms with Crippen molar-refractivity contribution in [3.8, 4) is 5.75 Å². The maximum Gasteiger partial charge on any atom is 0.275 e. The highest BCUT2D eigenvalue weighted by atomic mass is 35.5. The third kappa shape index (κ3) is 3.20. The fourth-order valence-corrected chi connectivity index (χ4v) is 1.66. The summed E-state index contributed by atoms with van der Waals surface area (Å²) in [6.45, 7) is 0. The number of nitrogens with one attached hydrogen (secondary N) is 1. The number of hydrogen-bond acceptors (Lipinski definition) is 3. The maximum atomic E-state index is 12.7. The average Bonchev–Trinajstić information content (AvgIpc) is 2.41. The van der Waals surface area contributed by atoms with Crippen molar-refractivity contribution in [2.75, 3.05) is 12.4 Å². The van der Waals surface area contributed by atoms with Crippen LogP contribution in [0.15, 0.2) is 36.5 Å². The lowest BCUT2D eigenvalue weighted by atomic mass is 10.3. The van der Waals surface area contributed by atoms with Crippen LogP contribution in [0.4, 0.5) is 10.1 Å². The van der Waals surface area contributed by atoms with Gasteiger partial charge in [-0.05, 0) is 24.3 Å². The molecule has 4 nitrogen and oxygen atoms in total. The van der Waals surface area contributed by atoms with Crippen LogP contribution in [-0.4, -0.2) is 18.0 Å². The van der Waals surface area contributed by atoms with E-state index in [4.69, 9.17) is 16.3 Å². The van der Waals surface area contributed by atoms with Crippen LogP contribution in [0.1, 0.15) is 10.5 Å². The second-order valence-corrected chi connectivity index (χ2v) is 4.07. The van der Waals surface area contributed by atoms with E-state index < -0.39 is 5.91 Å². The summed E-state index contributed by atoms with van der Waals surface area (Å²) in [6.07, 6.45) is 1.39. The van der Waals surface area contributed by atoms with E-state index in [1.807, 2.05) is 0 Å². The molecular weight excluding hydrogens is 271 g/mol. The number of ether oxygens (including phenoxy) is 1. The van der Waals surface area contributed by atoms with E-state index in [2.05, 4.69) is 10.3 Å². The predicted octanol–water partition coefficient (Wildman–Crippen LogP) is 3.14. The molecule has 1 amide bonds. The van der Waals surface area contributed by atoms with Gasteiger partial charge in [0.2, 0.25) is 0 Å². The second kappa shape index (κ2) is 5.67. The molecule has 6 heteroatoms. The molecular formula is C13H10ClFN2O2. The number of benzene rings is 1. The highest BCUT2D eigenvalue weighted by Gasteiger charge is 2.13. The Balaban J connectivity index is 2.18. The minimum atomic E-state index is -0.473. The minimum absolute atomic E-state index is 0.0757. The van der Waals surface area contributed by atoms with Crippen LogP contribution in [0.2, 0.25) is 5.02 Å². The monoisotopic (exact) mass is 280 g/mol. The number of aromatic nitrogens is 1.